The molecule has 1 aromatic carbocycles. The molecule has 27 heavy (non-hydrogen) atoms. The van der Waals surface area contributed by atoms with Crippen molar-refractivity contribution >= 4 is 29.9 Å². The molecule has 1 heterocycles. The Morgan fingerprint density at radius 2 is 1.89 bits per heavy atom. The minimum atomic E-state index is -0.174. The number of hydrogen-bond acceptors (Lipinski definition) is 3. The van der Waals surface area contributed by atoms with Crippen LogP contribution in [0.1, 0.15) is 38.8 Å². The summed E-state index contributed by atoms with van der Waals surface area (Å²) in [6.45, 7) is 13.7. The van der Waals surface area contributed by atoms with Crippen molar-refractivity contribution in [3.63, 3.8) is 0 Å². The van der Waals surface area contributed by atoms with Gasteiger partial charge in [0.2, 0.25) is 0 Å². The Labute approximate surface area is 180 Å². The van der Waals surface area contributed by atoms with E-state index in [0.717, 1.165) is 31.2 Å². The number of rotatable bonds is 5. The summed E-state index contributed by atoms with van der Waals surface area (Å²) in [4.78, 5) is 6.77. The molecule has 1 fully saturated rings. The van der Waals surface area contributed by atoms with Gasteiger partial charge in [-0.2, -0.15) is 0 Å². The topological polar surface area (TPSA) is 48.9 Å². The van der Waals surface area contributed by atoms with Crippen LogP contribution in [-0.2, 0) is 11.3 Å². The predicted molar refractivity (Wildman–Crippen MR) is 120 cm³/mol. The summed E-state index contributed by atoms with van der Waals surface area (Å²) in [6.07, 6.45) is 0.495. The molecule has 0 radical (unpaired) electrons. The number of aliphatic imine (C=N–C) groups is 1. The fourth-order valence-corrected chi connectivity index (χ4v) is 3.31. The van der Waals surface area contributed by atoms with Gasteiger partial charge in [0.1, 0.15) is 5.82 Å². The van der Waals surface area contributed by atoms with Crippen molar-refractivity contribution in [3.05, 3.63) is 35.1 Å². The number of aryl methyl sites for hydroxylation is 1. The average Bonchev–Trinajstić information content (AvgIpc) is 2.57. The van der Waals surface area contributed by atoms with Gasteiger partial charge in [0.15, 0.2) is 5.96 Å². The Hall–Kier alpha value is -0.930. The van der Waals surface area contributed by atoms with E-state index < -0.39 is 0 Å². The SMILES string of the molecule is CN=C(NCc1ccc(F)c(C)c1)NCC(C)(C)N1CC(C)OC(C)C1.I. The number of ether oxygens (including phenoxy) is 1. The lowest BCUT2D eigenvalue weighted by molar-refractivity contribution is -0.0946. The van der Waals surface area contributed by atoms with E-state index >= 15 is 0 Å². The summed E-state index contributed by atoms with van der Waals surface area (Å²) in [5, 5.41) is 6.71. The third kappa shape index (κ3) is 7.19. The third-order valence-corrected chi connectivity index (χ3v) is 4.87. The van der Waals surface area contributed by atoms with E-state index in [1.807, 2.05) is 6.07 Å². The van der Waals surface area contributed by atoms with Crippen molar-refractivity contribution in [2.45, 2.75) is 58.9 Å². The second-order valence-electron chi connectivity index (χ2n) is 7.84. The molecule has 0 spiro atoms. The second kappa shape index (κ2) is 10.6. The Balaban J connectivity index is 0.00000364. The first-order valence-corrected chi connectivity index (χ1v) is 9.31. The van der Waals surface area contributed by atoms with Gasteiger partial charge >= 0.3 is 0 Å². The van der Waals surface area contributed by atoms with Crippen LogP contribution in [0.3, 0.4) is 0 Å². The smallest absolute Gasteiger partial charge is 0.191 e. The monoisotopic (exact) mass is 492 g/mol. The van der Waals surface area contributed by atoms with Crippen LogP contribution >= 0.6 is 24.0 Å². The molecule has 0 aliphatic carbocycles. The molecule has 0 aromatic heterocycles. The number of guanidine groups is 1. The van der Waals surface area contributed by atoms with Gasteiger partial charge in [0.25, 0.3) is 0 Å². The van der Waals surface area contributed by atoms with Crippen LogP contribution in [0.25, 0.3) is 0 Å². The van der Waals surface area contributed by atoms with E-state index in [1.54, 1.807) is 20.0 Å². The highest BCUT2D eigenvalue weighted by molar-refractivity contribution is 14.0. The fraction of sp³-hybridized carbons (Fsp3) is 0.650. The zero-order valence-corrected chi connectivity index (χ0v) is 19.6. The van der Waals surface area contributed by atoms with E-state index in [1.165, 1.54) is 6.07 Å². The highest BCUT2D eigenvalue weighted by atomic mass is 127. The van der Waals surface area contributed by atoms with Crippen LogP contribution in [0.4, 0.5) is 4.39 Å². The first kappa shape index (κ1) is 24.1. The van der Waals surface area contributed by atoms with Crippen molar-refractivity contribution in [2.24, 2.45) is 4.99 Å². The molecule has 1 aliphatic rings. The second-order valence-corrected chi connectivity index (χ2v) is 7.84. The first-order valence-electron chi connectivity index (χ1n) is 9.31. The van der Waals surface area contributed by atoms with Gasteiger partial charge in [-0.15, -0.1) is 24.0 Å². The van der Waals surface area contributed by atoms with E-state index in [-0.39, 0.29) is 47.5 Å². The lowest BCUT2D eigenvalue weighted by Crippen LogP contribution is -2.59. The molecule has 1 saturated heterocycles. The van der Waals surface area contributed by atoms with Gasteiger partial charge in [-0.25, -0.2) is 4.39 Å². The Morgan fingerprint density at radius 1 is 1.26 bits per heavy atom. The number of nitrogens with zero attached hydrogens (tertiary/aromatic N) is 2. The number of nitrogens with one attached hydrogen (secondary N) is 2. The minimum absolute atomic E-state index is 0. The summed E-state index contributed by atoms with van der Waals surface area (Å²) in [7, 11) is 1.76. The molecule has 5 nitrogen and oxygen atoms in total. The molecule has 1 aromatic rings. The quantitative estimate of drug-likeness (QED) is 0.376. The summed E-state index contributed by atoms with van der Waals surface area (Å²) in [5.41, 5.74) is 1.67. The molecule has 7 heteroatoms. The molecule has 0 bridgehead atoms. The molecule has 1 aliphatic heterocycles. The van der Waals surface area contributed by atoms with Gasteiger partial charge in [-0.05, 0) is 51.8 Å². The molecule has 2 N–H and O–H groups in total. The summed E-state index contributed by atoms with van der Waals surface area (Å²) in [5.74, 6) is 0.571. The fourth-order valence-electron chi connectivity index (χ4n) is 3.31. The standard InChI is InChI=1S/C20H33FN4O.HI/c1-14-9-17(7-8-18(14)21)10-23-19(22-6)24-13-20(4,5)25-11-15(2)26-16(3)12-25;/h7-9,15-16H,10-13H2,1-6H3,(H2,22,23,24);1H. The van der Waals surface area contributed by atoms with Crippen molar-refractivity contribution < 1.29 is 9.13 Å². The molecule has 0 saturated carbocycles. The van der Waals surface area contributed by atoms with E-state index in [9.17, 15) is 4.39 Å². The Kier molecular flexibility index (Phi) is 9.44. The maximum Gasteiger partial charge on any atom is 0.191 e. The van der Waals surface area contributed by atoms with Gasteiger partial charge in [-0.3, -0.25) is 9.89 Å². The van der Waals surface area contributed by atoms with Crippen LogP contribution < -0.4 is 10.6 Å². The van der Waals surface area contributed by atoms with Crippen molar-refractivity contribution in [2.75, 3.05) is 26.7 Å². The predicted octanol–water partition coefficient (Wildman–Crippen LogP) is 3.30. The van der Waals surface area contributed by atoms with E-state index in [4.69, 9.17) is 4.74 Å². The van der Waals surface area contributed by atoms with Crippen LogP contribution in [0, 0.1) is 12.7 Å². The largest absolute Gasteiger partial charge is 0.373 e. The Morgan fingerprint density at radius 3 is 2.44 bits per heavy atom. The third-order valence-electron chi connectivity index (χ3n) is 4.87. The minimum Gasteiger partial charge on any atom is -0.373 e. The van der Waals surface area contributed by atoms with Crippen LogP contribution in [0.2, 0.25) is 0 Å². The van der Waals surface area contributed by atoms with Crippen LogP contribution in [0.15, 0.2) is 23.2 Å². The number of morpholine rings is 1. The highest BCUT2D eigenvalue weighted by Gasteiger charge is 2.33. The van der Waals surface area contributed by atoms with Gasteiger partial charge < -0.3 is 15.4 Å². The van der Waals surface area contributed by atoms with Crippen molar-refractivity contribution in [1.29, 1.82) is 0 Å². The van der Waals surface area contributed by atoms with Gasteiger partial charge in [0, 0.05) is 38.8 Å². The zero-order chi connectivity index (χ0) is 19.3. The summed E-state index contributed by atoms with van der Waals surface area (Å²) >= 11 is 0. The maximum atomic E-state index is 13.4. The highest BCUT2D eigenvalue weighted by Crippen LogP contribution is 2.20. The van der Waals surface area contributed by atoms with Crippen LogP contribution in [-0.4, -0.2) is 55.3 Å². The first-order chi connectivity index (χ1) is 12.2. The van der Waals surface area contributed by atoms with Gasteiger partial charge in [-0.1, -0.05) is 12.1 Å². The lowest BCUT2D eigenvalue weighted by atomic mass is 10.00. The number of hydrogen-bond donors (Lipinski definition) is 2. The molecule has 2 atom stereocenters. The van der Waals surface area contributed by atoms with Gasteiger partial charge in [0.05, 0.1) is 12.2 Å². The lowest BCUT2D eigenvalue weighted by Gasteiger charge is -2.45. The maximum absolute atomic E-state index is 13.4. The number of halogens is 2. The molecular formula is C20H34FIN4O. The zero-order valence-electron chi connectivity index (χ0n) is 17.3. The Bertz CT molecular complexity index is 628. The molecule has 2 rings (SSSR count). The average molecular weight is 492 g/mol. The van der Waals surface area contributed by atoms with E-state index in [2.05, 4.69) is 48.2 Å². The normalized spacial score (nSPS) is 21.5. The number of benzene rings is 1. The van der Waals surface area contributed by atoms with Crippen molar-refractivity contribution in [1.82, 2.24) is 15.5 Å². The van der Waals surface area contributed by atoms with E-state index in [0.29, 0.717) is 12.1 Å². The van der Waals surface area contributed by atoms with Crippen LogP contribution in [0.5, 0.6) is 0 Å². The summed E-state index contributed by atoms with van der Waals surface area (Å²) < 4.78 is 19.2. The molecule has 154 valence electrons. The summed E-state index contributed by atoms with van der Waals surface area (Å²) in [6, 6.07) is 5.16. The van der Waals surface area contributed by atoms with Crippen molar-refractivity contribution in [3.8, 4) is 0 Å². The molecular weight excluding hydrogens is 458 g/mol. The molecule has 0 amide bonds. The molecule has 2 unspecified atom stereocenters.